The molecule has 250 valence electrons. The highest BCUT2D eigenvalue weighted by Crippen LogP contribution is 2.39. The molecule has 0 N–H and O–H groups in total. The van der Waals surface area contributed by atoms with Crippen molar-refractivity contribution < 1.29 is 31.1 Å². The molecule has 3 atom stereocenters. The van der Waals surface area contributed by atoms with Crippen molar-refractivity contribution in [3.63, 3.8) is 0 Å². The first-order chi connectivity index (χ1) is 21.8. The average molecular weight is 651 g/mol. The van der Waals surface area contributed by atoms with E-state index in [1.165, 1.54) is 0 Å². The summed E-state index contributed by atoms with van der Waals surface area (Å²) in [5.41, 5.74) is -1.45. The van der Waals surface area contributed by atoms with E-state index in [-0.39, 0.29) is 54.1 Å². The van der Waals surface area contributed by atoms with Crippen molar-refractivity contribution >= 4 is 11.9 Å². The zero-order valence-electron chi connectivity index (χ0n) is 26.3. The number of hydrogen-bond donors (Lipinski definition) is 0. The van der Waals surface area contributed by atoms with Crippen LogP contribution in [0.15, 0.2) is 43.0 Å². The molecule has 2 aromatic heterocycles. The van der Waals surface area contributed by atoms with Gasteiger partial charge in [-0.25, -0.2) is 9.97 Å². The van der Waals surface area contributed by atoms with E-state index in [1.54, 1.807) is 41.4 Å². The zero-order valence-corrected chi connectivity index (χ0v) is 26.3. The first-order valence-electron chi connectivity index (χ1n) is 16.0. The van der Waals surface area contributed by atoms with Gasteiger partial charge in [-0.1, -0.05) is 33.1 Å². The molecule has 7 nitrogen and oxygen atoms in total. The summed E-state index contributed by atoms with van der Waals surface area (Å²) in [6.07, 6.45) is 3.89. The molecule has 0 bridgehead atoms. The number of aryl methyl sites for hydroxylation is 1. The summed E-state index contributed by atoms with van der Waals surface area (Å²) >= 11 is 0. The third-order valence-corrected chi connectivity index (χ3v) is 9.40. The molecule has 1 aliphatic carbocycles. The minimum absolute atomic E-state index is 0.0150. The van der Waals surface area contributed by atoms with Crippen LogP contribution in [0.3, 0.4) is 0 Å². The number of nitrogens with zero attached hydrogens (tertiary/aromatic N) is 6. The highest BCUT2D eigenvalue weighted by atomic mass is 19.4. The lowest BCUT2D eigenvalue weighted by Gasteiger charge is -2.49. The molecule has 2 fully saturated rings. The van der Waals surface area contributed by atoms with E-state index < -0.39 is 23.5 Å². The van der Waals surface area contributed by atoms with Gasteiger partial charge in [0.2, 0.25) is 11.9 Å². The molecule has 46 heavy (non-hydrogen) atoms. The summed E-state index contributed by atoms with van der Waals surface area (Å²) < 4.78 is 84.3. The largest absolute Gasteiger partial charge is 0.416 e. The van der Waals surface area contributed by atoms with Gasteiger partial charge in [0.25, 0.3) is 0 Å². The number of carbonyl (C=O) groups is 1. The van der Waals surface area contributed by atoms with E-state index in [2.05, 4.69) is 15.1 Å². The molecular formula is C33H40F6N6O. The van der Waals surface area contributed by atoms with E-state index in [0.717, 1.165) is 49.8 Å². The number of halogens is 6. The van der Waals surface area contributed by atoms with Crippen LogP contribution in [0.5, 0.6) is 0 Å². The Kier molecular flexibility index (Phi) is 9.97. The van der Waals surface area contributed by atoms with E-state index in [4.69, 9.17) is 0 Å². The molecule has 5 rings (SSSR count). The van der Waals surface area contributed by atoms with Crippen molar-refractivity contribution in [3.05, 3.63) is 59.7 Å². The molecule has 0 spiro atoms. The second-order valence-corrected chi connectivity index (χ2v) is 12.5. The van der Waals surface area contributed by atoms with Gasteiger partial charge >= 0.3 is 12.4 Å². The van der Waals surface area contributed by atoms with E-state index in [0.29, 0.717) is 31.2 Å². The Bertz CT molecular complexity index is 1430. The Morgan fingerprint density at radius 3 is 1.89 bits per heavy atom. The standard InChI is InChI=1S/C33H40F6N6O/c1-4-27-14-29(15-28(5-2)45(27)30(46)22-9-7-6-8-10-22)44(31-40-16-23(17-41-31)24-18-42-43(3)20-24)19-21-11-25(32(34,35)36)13-26(12-21)33(37,38)39/h11-13,16-18,20,22,27-29H,4-10,14-15,19H2,1-3H3/t27-,28+,29+. The first-order valence-corrected chi connectivity index (χ1v) is 16.0. The predicted octanol–water partition coefficient (Wildman–Crippen LogP) is 8.05. The van der Waals surface area contributed by atoms with Crippen LogP contribution in [0.1, 0.15) is 88.3 Å². The van der Waals surface area contributed by atoms with Crippen LogP contribution in [-0.4, -0.2) is 48.7 Å². The fraction of sp³-hybridized carbons (Fsp3) is 0.576. The van der Waals surface area contributed by atoms with E-state index in [1.807, 2.05) is 18.7 Å². The number of aromatic nitrogens is 4. The Labute approximate surface area is 265 Å². The van der Waals surface area contributed by atoms with Crippen LogP contribution < -0.4 is 4.90 Å². The molecule has 1 saturated carbocycles. The molecule has 13 heteroatoms. The van der Waals surface area contributed by atoms with Crippen LogP contribution in [0.25, 0.3) is 11.1 Å². The van der Waals surface area contributed by atoms with Crippen LogP contribution in [0, 0.1) is 5.92 Å². The Hall–Kier alpha value is -3.64. The molecule has 1 aromatic carbocycles. The summed E-state index contributed by atoms with van der Waals surface area (Å²) in [5.74, 6) is 0.340. The maximum Gasteiger partial charge on any atom is 0.416 e. The summed E-state index contributed by atoms with van der Waals surface area (Å²) in [6, 6.07) is 1.07. The highest BCUT2D eigenvalue weighted by Gasteiger charge is 2.42. The fourth-order valence-electron chi connectivity index (χ4n) is 7.01. The second kappa shape index (κ2) is 13.6. The van der Waals surface area contributed by atoms with Gasteiger partial charge in [0.05, 0.1) is 17.3 Å². The summed E-state index contributed by atoms with van der Waals surface area (Å²) in [4.78, 5) is 26.7. The number of rotatable bonds is 8. The second-order valence-electron chi connectivity index (χ2n) is 12.5. The maximum atomic E-state index is 13.8. The smallest absolute Gasteiger partial charge is 0.336 e. The van der Waals surface area contributed by atoms with Crippen molar-refractivity contribution in [2.24, 2.45) is 13.0 Å². The SMILES string of the molecule is CC[C@@H]1C[C@H](N(Cc2cc(C(F)(F)F)cc(C(F)(F)F)c2)c2ncc(-c3cnn(C)c3)cn2)C[C@H](CC)N1C(=O)C1CCCCC1. The number of amides is 1. The quantitative estimate of drug-likeness (QED) is 0.231. The Balaban J connectivity index is 1.52. The van der Waals surface area contributed by atoms with Gasteiger partial charge in [-0.15, -0.1) is 0 Å². The van der Waals surface area contributed by atoms with Gasteiger partial charge in [0.15, 0.2) is 0 Å². The van der Waals surface area contributed by atoms with E-state index >= 15 is 0 Å². The molecular weight excluding hydrogens is 610 g/mol. The lowest BCUT2D eigenvalue weighted by Crippen LogP contribution is -2.58. The monoisotopic (exact) mass is 650 g/mol. The first kappa shape index (κ1) is 33.7. The van der Waals surface area contributed by atoms with Gasteiger partial charge in [-0.2, -0.15) is 31.4 Å². The highest BCUT2D eigenvalue weighted by molar-refractivity contribution is 5.80. The molecule has 3 heterocycles. The van der Waals surface area contributed by atoms with Crippen LogP contribution >= 0.6 is 0 Å². The topological polar surface area (TPSA) is 67.2 Å². The van der Waals surface area contributed by atoms with Gasteiger partial charge in [-0.3, -0.25) is 9.48 Å². The van der Waals surface area contributed by atoms with E-state index in [9.17, 15) is 31.1 Å². The van der Waals surface area contributed by atoms with Crippen molar-refractivity contribution in [2.75, 3.05) is 4.90 Å². The summed E-state index contributed by atoms with van der Waals surface area (Å²) in [5, 5.41) is 4.16. The molecule has 1 amide bonds. The van der Waals surface area contributed by atoms with Gasteiger partial charge < -0.3 is 9.80 Å². The predicted molar refractivity (Wildman–Crippen MR) is 161 cm³/mol. The molecule has 3 aromatic rings. The van der Waals surface area contributed by atoms with Gasteiger partial charge in [0, 0.05) is 67.4 Å². The number of carbonyl (C=O) groups excluding carboxylic acids is 1. The third kappa shape index (κ3) is 7.49. The van der Waals surface area contributed by atoms with Crippen LogP contribution in [-0.2, 0) is 30.7 Å². The summed E-state index contributed by atoms with van der Waals surface area (Å²) in [7, 11) is 1.77. The van der Waals surface area contributed by atoms with Crippen molar-refractivity contribution in [2.45, 2.75) is 109 Å². The van der Waals surface area contributed by atoms with Gasteiger partial charge in [-0.05, 0) is 62.3 Å². The normalized spacial score (nSPS) is 21.4. The van der Waals surface area contributed by atoms with Crippen LogP contribution in [0.4, 0.5) is 32.3 Å². The summed E-state index contributed by atoms with van der Waals surface area (Å²) in [6.45, 7) is 3.74. The number of piperidine rings is 1. The number of likely N-dealkylation sites (tertiary alicyclic amines) is 1. The maximum absolute atomic E-state index is 13.8. The molecule has 0 unspecified atom stereocenters. The number of hydrogen-bond acceptors (Lipinski definition) is 5. The Morgan fingerprint density at radius 1 is 0.848 bits per heavy atom. The number of anilines is 1. The Morgan fingerprint density at radius 2 is 1.41 bits per heavy atom. The zero-order chi connectivity index (χ0) is 33.2. The molecule has 1 saturated heterocycles. The average Bonchev–Trinajstić information content (AvgIpc) is 3.48. The third-order valence-electron chi connectivity index (χ3n) is 9.40. The van der Waals surface area contributed by atoms with Gasteiger partial charge in [0.1, 0.15) is 0 Å². The molecule has 2 aliphatic rings. The minimum atomic E-state index is -4.96. The van der Waals surface area contributed by atoms with Crippen molar-refractivity contribution in [3.8, 4) is 11.1 Å². The fourth-order valence-corrected chi connectivity index (χ4v) is 7.01. The molecule has 0 radical (unpaired) electrons. The van der Waals surface area contributed by atoms with Crippen molar-refractivity contribution in [1.82, 2.24) is 24.6 Å². The number of alkyl halides is 6. The molecule has 1 aliphatic heterocycles. The lowest BCUT2D eigenvalue weighted by molar-refractivity contribution is -0.145. The van der Waals surface area contributed by atoms with Crippen LogP contribution in [0.2, 0.25) is 0 Å². The number of benzene rings is 1. The lowest BCUT2D eigenvalue weighted by atomic mass is 9.83. The van der Waals surface area contributed by atoms with Crippen molar-refractivity contribution in [1.29, 1.82) is 0 Å². The minimum Gasteiger partial charge on any atom is -0.336 e.